The molecule has 0 saturated carbocycles. The molecule has 0 heterocycles. The molecular weight excluding hydrogens is 201 g/mol. The summed E-state index contributed by atoms with van der Waals surface area (Å²) in [6, 6.07) is 7.21. The third-order valence-electron chi connectivity index (χ3n) is 2.62. The molecule has 2 heteroatoms. The van der Waals surface area contributed by atoms with Gasteiger partial charge in [0, 0.05) is 6.04 Å². The number of allylic oxidation sites excluding steroid dienone is 1. The van der Waals surface area contributed by atoms with E-state index in [1.807, 2.05) is 18.2 Å². The van der Waals surface area contributed by atoms with E-state index in [-0.39, 0.29) is 5.82 Å². The Morgan fingerprint density at radius 3 is 2.69 bits per heavy atom. The van der Waals surface area contributed by atoms with Crippen molar-refractivity contribution in [2.75, 3.05) is 6.54 Å². The van der Waals surface area contributed by atoms with Gasteiger partial charge in [-0.2, -0.15) is 0 Å². The monoisotopic (exact) mass is 221 g/mol. The molecule has 16 heavy (non-hydrogen) atoms. The SMILES string of the molecule is C=CCCC(C)NCCc1ccc(F)cc1. The van der Waals surface area contributed by atoms with Crippen LogP contribution in [0.25, 0.3) is 0 Å². The van der Waals surface area contributed by atoms with E-state index in [9.17, 15) is 4.39 Å². The first-order valence-corrected chi connectivity index (χ1v) is 5.81. The maximum atomic E-state index is 12.7. The molecule has 0 spiro atoms. The molecule has 1 atom stereocenters. The number of halogens is 1. The minimum absolute atomic E-state index is 0.170. The van der Waals surface area contributed by atoms with Gasteiger partial charge in [0.25, 0.3) is 0 Å². The maximum absolute atomic E-state index is 12.7. The lowest BCUT2D eigenvalue weighted by atomic mass is 10.1. The molecule has 1 rings (SSSR count). The highest BCUT2D eigenvalue weighted by molar-refractivity contribution is 5.16. The third-order valence-corrected chi connectivity index (χ3v) is 2.62. The second-order valence-electron chi connectivity index (χ2n) is 4.10. The highest BCUT2D eigenvalue weighted by atomic mass is 19.1. The van der Waals surface area contributed by atoms with Crippen LogP contribution >= 0.6 is 0 Å². The zero-order chi connectivity index (χ0) is 11.8. The minimum atomic E-state index is -0.170. The normalized spacial score (nSPS) is 12.4. The Kier molecular flexibility index (Phi) is 5.79. The molecule has 0 aromatic heterocycles. The van der Waals surface area contributed by atoms with Crippen molar-refractivity contribution < 1.29 is 4.39 Å². The predicted octanol–water partition coefficient (Wildman–Crippen LogP) is 3.31. The summed E-state index contributed by atoms with van der Waals surface area (Å²) in [4.78, 5) is 0. The summed E-state index contributed by atoms with van der Waals surface area (Å²) < 4.78 is 12.7. The van der Waals surface area contributed by atoms with Crippen LogP contribution in [0.5, 0.6) is 0 Å². The molecule has 0 fully saturated rings. The zero-order valence-electron chi connectivity index (χ0n) is 9.88. The van der Waals surface area contributed by atoms with Crippen molar-refractivity contribution in [2.24, 2.45) is 0 Å². The van der Waals surface area contributed by atoms with Crippen molar-refractivity contribution in [3.63, 3.8) is 0 Å². The number of benzene rings is 1. The lowest BCUT2D eigenvalue weighted by molar-refractivity contribution is 0.521. The quantitative estimate of drug-likeness (QED) is 0.696. The summed E-state index contributed by atoms with van der Waals surface area (Å²) in [5.41, 5.74) is 1.17. The van der Waals surface area contributed by atoms with E-state index in [2.05, 4.69) is 18.8 Å². The van der Waals surface area contributed by atoms with Gasteiger partial charge in [-0.15, -0.1) is 6.58 Å². The lowest BCUT2D eigenvalue weighted by Crippen LogP contribution is -2.27. The average molecular weight is 221 g/mol. The Labute approximate surface area is 97.4 Å². The van der Waals surface area contributed by atoms with E-state index in [0.29, 0.717) is 6.04 Å². The highest BCUT2D eigenvalue weighted by Crippen LogP contribution is 2.03. The summed E-state index contributed by atoms with van der Waals surface area (Å²) in [5.74, 6) is -0.170. The van der Waals surface area contributed by atoms with Gasteiger partial charge in [-0.1, -0.05) is 18.2 Å². The Morgan fingerprint density at radius 2 is 2.06 bits per heavy atom. The van der Waals surface area contributed by atoms with Crippen molar-refractivity contribution in [2.45, 2.75) is 32.2 Å². The van der Waals surface area contributed by atoms with Gasteiger partial charge in [0.2, 0.25) is 0 Å². The molecule has 1 aromatic carbocycles. The fraction of sp³-hybridized carbons (Fsp3) is 0.429. The van der Waals surface area contributed by atoms with Crippen molar-refractivity contribution in [1.82, 2.24) is 5.32 Å². The third kappa shape index (κ3) is 5.08. The summed E-state index contributed by atoms with van der Waals surface area (Å²) in [6.45, 7) is 6.81. The summed E-state index contributed by atoms with van der Waals surface area (Å²) in [7, 11) is 0. The number of nitrogens with one attached hydrogen (secondary N) is 1. The van der Waals surface area contributed by atoms with Crippen molar-refractivity contribution in [3.05, 3.63) is 48.3 Å². The molecule has 1 nitrogen and oxygen atoms in total. The first-order chi connectivity index (χ1) is 7.72. The Hall–Kier alpha value is -1.15. The summed E-state index contributed by atoms with van der Waals surface area (Å²) in [5, 5.41) is 3.44. The van der Waals surface area contributed by atoms with Gasteiger partial charge in [0.15, 0.2) is 0 Å². The second kappa shape index (κ2) is 7.18. The van der Waals surface area contributed by atoms with Gasteiger partial charge in [-0.25, -0.2) is 4.39 Å². The van der Waals surface area contributed by atoms with Crippen molar-refractivity contribution in [1.29, 1.82) is 0 Å². The van der Waals surface area contributed by atoms with Crippen molar-refractivity contribution >= 4 is 0 Å². The predicted molar refractivity (Wildman–Crippen MR) is 67.0 cm³/mol. The molecule has 0 aliphatic rings. The van der Waals surface area contributed by atoms with Gasteiger partial charge in [-0.3, -0.25) is 0 Å². The Balaban J connectivity index is 2.19. The minimum Gasteiger partial charge on any atom is -0.314 e. The van der Waals surface area contributed by atoms with Crippen molar-refractivity contribution in [3.8, 4) is 0 Å². The van der Waals surface area contributed by atoms with Crippen LogP contribution in [0.3, 0.4) is 0 Å². The van der Waals surface area contributed by atoms with Gasteiger partial charge in [0.05, 0.1) is 0 Å². The molecule has 1 N–H and O–H groups in total. The Bertz CT molecular complexity index is 305. The van der Waals surface area contributed by atoms with Crippen LogP contribution in [0.2, 0.25) is 0 Å². The topological polar surface area (TPSA) is 12.0 Å². The standard InChI is InChI=1S/C14H20FN/c1-3-4-5-12(2)16-11-10-13-6-8-14(15)9-7-13/h3,6-9,12,16H,1,4-5,10-11H2,2H3. The largest absolute Gasteiger partial charge is 0.314 e. The van der Waals surface area contributed by atoms with E-state index >= 15 is 0 Å². The van der Waals surface area contributed by atoms with Gasteiger partial charge in [0.1, 0.15) is 5.82 Å². The molecule has 1 unspecified atom stereocenters. The summed E-state index contributed by atoms with van der Waals surface area (Å²) >= 11 is 0. The van der Waals surface area contributed by atoms with E-state index < -0.39 is 0 Å². The first kappa shape index (κ1) is 12.9. The van der Waals surface area contributed by atoms with Gasteiger partial charge < -0.3 is 5.32 Å². The van der Waals surface area contributed by atoms with Crippen LogP contribution in [0.1, 0.15) is 25.3 Å². The first-order valence-electron chi connectivity index (χ1n) is 5.81. The molecule has 0 radical (unpaired) electrons. The smallest absolute Gasteiger partial charge is 0.123 e. The van der Waals surface area contributed by atoms with Gasteiger partial charge >= 0.3 is 0 Å². The fourth-order valence-corrected chi connectivity index (χ4v) is 1.58. The van der Waals surface area contributed by atoms with Gasteiger partial charge in [-0.05, 0) is 50.4 Å². The number of rotatable bonds is 7. The fourth-order valence-electron chi connectivity index (χ4n) is 1.58. The van der Waals surface area contributed by atoms with Crippen LogP contribution in [0.15, 0.2) is 36.9 Å². The van der Waals surface area contributed by atoms with Crippen LogP contribution in [0, 0.1) is 5.82 Å². The van der Waals surface area contributed by atoms with Crippen LogP contribution in [0.4, 0.5) is 4.39 Å². The average Bonchev–Trinajstić information content (AvgIpc) is 2.29. The molecule has 88 valence electrons. The summed E-state index contributed by atoms with van der Waals surface area (Å²) in [6.07, 6.45) is 5.05. The molecule has 1 aromatic rings. The van der Waals surface area contributed by atoms with E-state index in [0.717, 1.165) is 25.8 Å². The lowest BCUT2D eigenvalue weighted by Gasteiger charge is -2.12. The van der Waals surface area contributed by atoms with Crippen LogP contribution in [-0.4, -0.2) is 12.6 Å². The van der Waals surface area contributed by atoms with Crippen LogP contribution in [-0.2, 0) is 6.42 Å². The second-order valence-corrected chi connectivity index (χ2v) is 4.10. The number of hydrogen-bond acceptors (Lipinski definition) is 1. The molecule has 0 bridgehead atoms. The van der Waals surface area contributed by atoms with E-state index in [1.54, 1.807) is 0 Å². The van der Waals surface area contributed by atoms with E-state index in [1.165, 1.54) is 17.7 Å². The number of hydrogen-bond donors (Lipinski definition) is 1. The zero-order valence-corrected chi connectivity index (χ0v) is 9.88. The Morgan fingerprint density at radius 1 is 1.38 bits per heavy atom. The molecule has 0 amide bonds. The van der Waals surface area contributed by atoms with E-state index in [4.69, 9.17) is 0 Å². The molecule has 0 aliphatic heterocycles. The molecule has 0 aliphatic carbocycles. The maximum Gasteiger partial charge on any atom is 0.123 e. The highest BCUT2D eigenvalue weighted by Gasteiger charge is 1.99. The van der Waals surface area contributed by atoms with Crippen LogP contribution < -0.4 is 5.32 Å². The molecular formula is C14H20FN. The molecule has 0 saturated heterocycles.